The Balaban J connectivity index is 0.00000368. The van der Waals surface area contributed by atoms with Crippen LogP contribution in [0.5, 0.6) is 0 Å². The number of carbonyl (C=O) groups is 1. The van der Waals surface area contributed by atoms with Crippen LogP contribution in [-0.2, 0) is 27.9 Å². The number of hydrogen-bond donors (Lipinski definition) is 11. The van der Waals surface area contributed by atoms with Crippen molar-refractivity contribution in [2.45, 2.75) is 67.6 Å². The number of carbonyl (C=O) groups excluding carboxylic acids is 1. The van der Waals surface area contributed by atoms with Gasteiger partial charge in [-0.25, -0.2) is 24.4 Å². The number of anilines is 1. The fourth-order valence-electron chi connectivity index (χ4n) is 5.50. The molecule has 0 radical (unpaired) electrons. The fraction of sp³-hybridized carbons (Fsp3) is 0.700. The molecule has 2 aromatic heterocycles. The number of aliphatic hydroxyl groups excluding tert-OH is 4. The van der Waals surface area contributed by atoms with Gasteiger partial charge in [-0.15, -0.1) is 0 Å². The second-order valence-corrected chi connectivity index (χ2v) is 11.6. The van der Waals surface area contributed by atoms with Gasteiger partial charge in [0.1, 0.15) is 67.0 Å². The smallest absolute Gasteiger partial charge is 0.394 e. The first-order chi connectivity index (χ1) is 20.0. The lowest BCUT2D eigenvalue weighted by Gasteiger charge is -2.38. The summed E-state index contributed by atoms with van der Waals surface area (Å²) in [6, 6.07) is -0.757. The summed E-state index contributed by atoms with van der Waals surface area (Å²) in [6.07, 6.45) is -10.2. The number of nitrogens with zero attached hydrogens (tertiary/aromatic N) is 5. The van der Waals surface area contributed by atoms with Crippen molar-refractivity contribution < 1.29 is 53.2 Å². The van der Waals surface area contributed by atoms with E-state index in [-0.39, 0.29) is 29.8 Å². The third-order valence-corrected chi connectivity index (χ3v) is 8.56. The quantitative estimate of drug-likeness (QED) is 0.120. The van der Waals surface area contributed by atoms with Crippen molar-refractivity contribution in [2.75, 3.05) is 25.6 Å². The number of imidazole rings is 1. The van der Waals surface area contributed by atoms with Gasteiger partial charge in [-0.1, -0.05) is 0 Å². The van der Waals surface area contributed by atoms with E-state index < -0.39 is 94.5 Å². The van der Waals surface area contributed by atoms with E-state index in [0.717, 1.165) is 0 Å². The Morgan fingerprint density at radius 1 is 1.12 bits per heavy atom. The summed E-state index contributed by atoms with van der Waals surface area (Å²) in [4.78, 5) is 36.4. The Labute approximate surface area is 242 Å². The second kappa shape index (κ2) is 12.1. The van der Waals surface area contributed by atoms with E-state index >= 15 is 0 Å². The lowest BCUT2D eigenvalue weighted by molar-refractivity contribution is -0.133. The molecule has 0 bridgehead atoms. The molecule has 4 fully saturated rings. The third kappa shape index (κ3) is 5.72. The van der Waals surface area contributed by atoms with Crippen LogP contribution in [0.25, 0.3) is 11.2 Å². The van der Waals surface area contributed by atoms with E-state index in [1.54, 1.807) is 0 Å². The highest BCUT2D eigenvalue weighted by atomic mass is 31.2. The van der Waals surface area contributed by atoms with Gasteiger partial charge >= 0.3 is 7.82 Å². The minimum atomic E-state index is -5.00. The minimum Gasteiger partial charge on any atom is -0.394 e. The molecule has 1 amide bonds. The van der Waals surface area contributed by atoms with Crippen LogP contribution >= 0.6 is 7.82 Å². The molecule has 12 atom stereocenters. The van der Waals surface area contributed by atoms with E-state index in [1.807, 2.05) is 0 Å². The molecule has 0 spiro atoms. The molecule has 2 aromatic rings. The van der Waals surface area contributed by atoms with Gasteiger partial charge in [0, 0.05) is 0 Å². The SMILES string of the molecule is N.Nc1ncnc2c1ncn2C1OC(COP(=O)(O)OC2C(O)C(CO)OC2N2CNC3C(=O)NC(N)NC32)C(O)C1O. The predicted octanol–water partition coefficient (Wildman–Crippen LogP) is -5.71. The highest BCUT2D eigenvalue weighted by Crippen LogP contribution is 2.49. The molecule has 0 aromatic carbocycles. The molecule has 4 aliphatic rings. The summed E-state index contributed by atoms with van der Waals surface area (Å²) >= 11 is 0. The van der Waals surface area contributed by atoms with E-state index in [1.165, 1.54) is 22.1 Å². The Morgan fingerprint density at radius 3 is 2.60 bits per heavy atom. The van der Waals surface area contributed by atoms with Crippen molar-refractivity contribution in [3.63, 3.8) is 0 Å². The average molecular weight is 636 g/mol. The number of hydrogen-bond acceptors (Lipinski definition) is 19. The van der Waals surface area contributed by atoms with Crippen LogP contribution in [-0.4, -0.2) is 137 Å². The molecule has 240 valence electrons. The first-order valence-electron chi connectivity index (χ1n) is 12.8. The van der Waals surface area contributed by atoms with Gasteiger partial charge in [0.05, 0.1) is 32.4 Å². The fourth-order valence-corrected chi connectivity index (χ4v) is 6.44. The number of phosphoric acid groups is 1. The summed E-state index contributed by atoms with van der Waals surface area (Å²) < 4.78 is 36.2. The van der Waals surface area contributed by atoms with E-state index in [9.17, 15) is 34.7 Å². The van der Waals surface area contributed by atoms with E-state index in [2.05, 4.69) is 30.9 Å². The van der Waals surface area contributed by atoms with Crippen LogP contribution in [0.3, 0.4) is 0 Å². The molecule has 22 nitrogen and oxygen atoms in total. The Hall–Kier alpha value is -2.51. The summed E-state index contributed by atoms with van der Waals surface area (Å²) in [5, 5.41) is 50.0. The molecule has 6 rings (SSSR count). The first-order valence-corrected chi connectivity index (χ1v) is 14.3. The molecule has 23 heteroatoms. The van der Waals surface area contributed by atoms with Crippen LogP contribution in [0, 0.1) is 0 Å². The second-order valence-electron chi connectivity index (χ2n) is 10.2. The van der Waals surface area contributed by atoms with Gasteiger partial charge in [0.2, 0.25) is 5.91 Å². The van der Waals surface area contributed by atoms with Gasteiger partial charge in [-0.05, 0) is 0 Å². The number of nitrogens with one attached hydrogen (secondary N) is 3. The van der Waals surface area contributed by atoms with Crippen molar-refractivity contribution in [3.05, 3.63) is 12.7 Å². The van der Waals surface area contributed by atoms with Crippen molar-refractivity contribution in [1.29, 1.82) is 0 Å². The lowest BCUT2D eigenvalue weighted by atomic mass is 10.1. The highest BCUT2D eigenvalue weighted by Gasteiger charge is 2.55. The Morgan fingerprint density at radius 2 is 1.86 bits per heavy atom. The number of nitrogen functional groups attached to an aromatic ring is 1. The van der Waals surface area contributed by atoms with Crippen molar-refractivity contribution >= 4 is 30.7 Å². The number of nitrogens with two attached hydrogens (primary N) is 2. The molecule has 4 saturated heterocycles. The number of rotatable bonds is 8. The van der Waals surface area contributed by atoms with Crippen molar-refractivity contribution in [1.82, 2.24) is 46.5 Å². The molecular formula is C20H34N11O11P. The Bertz CT molecular complexity index is 1370. The molecule has 43 heavy (non-hydrogen) atoms. The van der Waals surface area contributed by atoms with Crippen LogP contribution in [0.2, 0.25) is 0 Å². The lowest BCUT2D eigenvalue weighted by Crippen LogP contribution is -2.71. The molecule has 0 aliphatic carbocycles. The number of ether oxygens (including phenoxy) is 2. The van der Waals surface area contributed by atoms with Gasteiger partial charge < -0.3 is 52.0 Å². The average Bonchev–Trinajstić information content (AvgIpc) is 3.69. The predicted molar refractivity (Wildman–Crippen MR) is 140 cm³/mol. The summed E-state index contributed by atoms with van der Waals surface area (Å²) in [7, 11) is -5.00. The van der Waals surface area contributed by atoms with Gasteiger partial charge in [0.25, 0.3) is 0 Å². The van der Waals surface area contributed by atoms with Crippen LogP contribution < -0.4 is 33.6 Å². The molecule has 15 N–H and O–H groups in total. The van der Waals surface area contributed by atoms with Gasteiger partial charge in [-0.3, -0.25) is 34.8 Å². The monoisotopic (exact) mass is 635 g/mol. The number of aromatic nitrogens is 4. The zero-order chi connectivity index (χ0) is 29.9. The van der Waals surface area contributed by atoms with Gasteiger partial charge in [-0.2, -0.15) is 0 Å². The molecule has 0 saturated carbocycles. The summed E-state index contributed by atoms with van der Waals surface area (Å²) in [5.41, 5.74) is 12.1. The van der Waals surface area contributed by atoms with Gasteiger partial charge in [0.15, 0.2) is 17.7 Å². The molecule has 12 unspecified atom stereocenters. The molecule has 4 aliphatic heterocycles. The summed E-state index contributed by atoms with van der Waals surface area (Å²) in [6.45, 7) is -1.32. The normalized spacial score (nSPS) is 39.4. The number of fused-ring (bicyclic) bond motifs is 2. The highest BCUT2D eigenvalue weighted by molar-refractivity contribution is 7.47. The molecular weight excluding hydrogens is 601 g/mol. The largest absolute Gasteiger partial charge is 0.472 e. The zero-order valence-electron chi connectivity index (χ0n) is 22.4. The number of phosphoric ester groups is 1. The minimum absolute atomic E-state index is 0. The van der Waals surface area contributed by atoms with Crippen molar-refractivity contribution in [3.8, 4) is 0 Å². The van der Waals surface area contributed by atoms with Crippen molar-refractivity contribution in [2.24, 2.45) is 5.73 Å². The standard InChI is InChI=1S/C20H31N10O11P.H3N/c21-14-8-15(24-3-23-14)29(4-25-8)18-12(34)10(32)7(40-18)2-38-42(36,37)41-13-11(33)6(1-31)39-19(13)30-5-26-9-16(30)27-20(22)28-17(9)35;/h3-4,6-7,9-13,16,18-20,26-27,31-34H,1-2,5,22H2,(H,28,35)(H,36,37)(H2,21,23,24);1H3. The van der Waals surface area contributed by atoms with Crippen LogP contribution in [0.4, 0.5) is 5.82 Å². The Kier molecular flexibility index (Phi) is 8.99. The summed E-state index contributed by atoms with van der Waals surface area (Å²) in [5.74, 6) is -0.301. The maximum atomic E-state index is 13.0. The van der Waals surface area contributed by atoms with E-state index in [0.29, 0.717) is 0 Å². The van der Waals surface area contributed by atoms with Crippen LogP contribution in [0.15, 0.2) is 12.7 Å². The van der Waals surface area contributed by atoms with E-state index in [4.69, 9.17) is 30.0 Å². The van der Waals surface area contributed by atoms with Crippen LogP contribution in [0.1, 0.15) is 6.23 Å². The number of aliphatic hydroxyl groups is 4. The maximum Gasteiger partial charge on any atom is 0.472 e. The maximum absolute atomic E-state index is 13.0. The molecule has 6 heterocycles. The topological polar surface area (TPSA) is 342 Å². The number of amides is 1. The zero-order valence-corrected chi connectivity index (χ0v) is 23.3. The third-order valence-electron chi connectivity index (χ3n) is 7.57. The first kappa shape index (κ1) is 31.9.